The fraction of sp³-hybridized carbons (Fsp3) is 0.367. The second-order valence-electron chi connectivity index (χ2n) is 11.6. The number of pyridine rings is 1. The number of halogens is 1. The average molecular weight is 551 g/mol. The summed E-state index contributed by atoms with van der Waals surface area (Å²) in [6, 6.07) is 9.32. The van der Waals surface area contributed by atoms with E-state index >= 15 is 0 Å². The Hall–Kier alpha value is -4.38. The number of hydrogen-bond donors (Lipinski definition) is 2. The zero-order valence-corrected chi connectivity index (χ0v) is 22.9. The normalized spacial score (nSPS) is 19.6. The van der Waals surface area contributed by atoms with Gasteiger partial charge in [0, 0.05) is 44.5 Å². The Labute approximate surface area is 236 Å². The number of rotatable bonds is 3. The van der Waals surface area contributed by atoms with Crippen LogP contribution in [0.2, 0.25) is 0 Å². The van der Waals surface area contributed by atoms with Crippen molar-refractivity contribution in [3.63, 3.8) is 0 Å². The van der Waals surface area contributed by atoms with Crippen molar-refractivity contribution in [2.75, 3.05) is 29.4 Å². The van der Waals surface area contributed by atoms with Gasteiger partial charge in [0.05, 0.1) is 29.5 Å². The molecule has 10 nitrogen and oxygen atoms in total. The van der Waals surface area contributed by atoms with Crippen molar-refractivity contribution in [1.29, 1.82) is 0 Å². The molecule has 0 amide bonds. The molecule has 3 aliphatic rings. The van der Waals surface area contributed by atoms with Crippen LogP contribution in [0.25, 0.3) is 22.4 Å². The number of hydrogen-bond acceptors (Lipinski definition) is 8. The number of nitrogens with zero attached hydrogens (tertiary/aromatic N) is 8. The third-order valence-corrected chi connectivity index (χ3v) is 9.29. The molecule has 5 aromatic rings. The van der Waals surface area contributed by atoms with Crippen LogP contribution in [0.4, 0.5) is 21.7 Å². The van der Waals surface area contributed by atoms with Crippen molar-refractivity contribution < 1.29 is 4.39 Å². The molecule has 6 heterocycles. The standard InChI is InChI=1S/C30H31FN10/c1-39-17-18(15-34-39)22-7-8-24-23(35-22)6-3-11-41(24)29-26-28(37-38-29)36-25(16-33-26)40-12-9-30(10-13-40)14-20-19(27(30)32)4-2-5-21(20)31/h2,4-5,7-8,15-17,27H,3,6,9-14,32H2,1H3,(H,36,37,38)/t27-/m1/s1. The molecule has 1 saturated heterocycles. The fourth-order valence-electron chi connectivity index (χ4n) is 7.02. The molecule has 1 atom stereocenters. The zero-order chi connectivity index (χ0) is 27.7. The molecule has 11 heteroatoms. The highest BCUT2D eigenvalue weighted by molar-refractivity contribution is 5.87. The predicted molar refractivity (Wildman–Crippen MR) is 154 cm³/mol. The van der Waals surface area contributed by atoms with Crippen LogP contribution in [0.5, 0.6) is 0 Å². The van der Waals surface area contributed by atoms with Gasteiger partial charge in [-0.25, -0.2) is 14.4 Å². The van der Waals surface area contributed by atoms with Gasteiger partial charge in [-0.2, -0.15) is 10.2 Å². The summed E-state index contributed by atoms with van der Waals surface area (Å²) < 4.78 is 16.3. The minimum absolute atomic E-state index is 0.105. The number of nitrogens with one attached hydrogen (secondary N) is 1. The molecule has 8 rings (SSSR count). The number of H-pyrrole nitrogens is 1. The van der Waals surface area contributed by atoms with Crippen molar-refractivity contribution in [2.45, 2.75) is 38.1 Å². The van der Waals surface area contributed by atoms with Crippen LogP contribution in [0.1, 0.15) is 42.1 Å². The van der Waals surface area contributed by atoms with Crippen LogP contribution in [0.3, 0.4) is 0 Å². The third-order valence-electron chi connectivity index (χ3n) is 9.29. The molecule has 0 unspecified atom stereocenters. The molecule has 0 bridgehead atoms. The van der Waals surface area contributed by atoms with E-state index in [-0.39, 0.29) is 17.3 Å². The summed E-state index contributed by atoms with van der Waals surface area (Å²) in [5.74, 6) is 1.45. The molecule has 1 fully saturated rings. The van der Waals surface area contributed by atoms with Gasteiger partial charge in [-0.15, -0.1) is 0 Å². The smallest absolute Gasteiger partial charge is 0.183 e. The number of aryl methyl sites for hydroxylation is 2. The van der Waals surface area contributed by atoms with E-state index < -0.39 is 0 Å². The molecule has 4 aromatic heterocycles. The summed E-state index contributed by atoms with van der Waals surface area (Å²) >= 11 is 0. The Kier molecular flexibility index (Phi) is 5.40. The first-order valence-corrected chi connectivity index (χ1v) is 14.2. The number of nitrogens with two attached hydrogens (primary N) is 1. The average Bonchev–Trinajstić information content (AvgIpc) is 3.70. The third kappa shape index (κ3) is 3.82. The number of aromatic amines is 1. The zero-order valence-electron chi connectivity index (χ0n) is 22.9. The fourth-order valence-corrected chi connectivity index (χ4v) is 7.02. The Balaban J connectivity index is 1.03. The van der Waals surface area contributed by atoms with Gasteiger partial charge in [-0.3, -0.25) is 14.8 Å². The molecule has 208 valence electrons. The first-order valence-electron chi connectivity index (χ1n) is 14.2. The minimum Gasteiger partial charge on any atom is -0.355 e. The first kappa shape index (κ1) is 24.4. The van der Waals surface area contributed by atoms with E-state index in [1.54, 1.807) is 16.8 Å². The molecule has 0 radical (unpaired) electrons. The van der Waals surface area contributed by atoms with E-state index in [1.807, 2.05) is 37.8 Å². The Morgan fingerprint density at radius 2 is 1.95 bits per heavy atom. The summed E-state index contributed by atoms with van der Waals surface area (Å²) in [5, 5.41) is 12.1. The Morgan fingerprint density at radius 1 is 1.07 bits per heavy atom. The number of anilines is 3. The van der Waals surface area contributed by atoms with Gasteiger partial charge in [0.2, 0.25) is 0 Å². The van der Waals surface area contributed by atoms with Gasteiger partial charge < -0.3 is 15.5 Å². The number of aromatic nitrogens is 7. The van der Waals surface area contributed by atoms with E-state index in [4.69, 9.17) is 20.7 Å². The lowest BCUT2D eigenvalue weighted by molar-refractivity contribution is 0.186. The lowest BCUT2D eigenvalue weighted by Crippen LogP contribution is -2.44. The summed E-state index contributed by atoms with van der Waals surface area (Å²) in [6.45, 7) is 2.44. The van der Waals surface area contributed by atoms with Crippen molar-refractivity contribution in [2.24, 2.45) is 18.2 Å². The molecule has 1 aliphatic carbocycles. The van der Waals surface area contributed by atoms with Gasteiger partial charge in [-0.1, -0.05) is 12.1 Å². The van der Waals surface area contributed by atoms with E-state index in [9.17, 15) is 4.39 Å². The van der Waals surface area contributed by atoms with E-state index in [2.05, 4.69) is 31.2 Å². The van der Waals surface area contributed by atoms with Crippen molar-refractivity contribution in [3.05, 3.63) is 71.6 Å². The second-order valence-corrected chi connectivity index (χ2v) is 11.6. The quantitative estimate of drug-likeness (QED) is 0.343. The van der Waals surface area contributed by atoms with Crippen LogP contribution in [0, 0.1) is 11.2 Å². The number of piperidine rings is 1. The topological polar surface area (TPSA) is 118 Å². The minimum atomic E-state index is -0.138. The summed E-state index contributed by atoms with van der Waals surface area (Å²) in [6.07, 6.45) is 10.0. The Bertz CT molecular complexity index is 1780. The SMILES string of the molecule is Cn1cc(-c2ccc3c(n2)CCCN3c2n[nH]c3nc(N4CCC5(CC4)Cc4c(F)cccc4[C@H]5N)cnc23)cn1. The lowest BCUT2D eigenvalue weighted by atomic mass is 9.73. The van der Waals surface area contributed by atoms with Gasteiger partial charge in [0.25, 0.3) is 0 Å². The maximum absolute atomic E-state index is 14.5. The highest BCUT2D eigenvalue weighted by Crippen LogP contribution is 2.51. The number of benzene rings is 1. The molecule has 3 N–H and O–H groups in total. The van der Waals surface area contributed by atoms with Crippen molar-refractivity contribution in [1.82, 2.24) is 34.9 Å². The summed E-state index contributed by atoms with van der Waals surface area (Å²) in [7, 11) is 1.91. The van der Waals surface area contributed by atoms with Crippen LogP contribution in [0.15, 0.2) is 48.9 Å². The van der Waals surface area contributed by atoms with E-state index in [0.717, 1.165) is 96.2 Å². The number of fused-ring (bicyclic) bond motifs is 3. The Morgan fingerprint density at radius 3 is 2.76 bits per heavy atom. The van der Waals surface area contributed by atoms with Gasteiger partial charge in [0.1, 0.15) is 11.6 Å². The maximum atomic E-state index is 14.5. The molecule has 2 aliphatic heterocycles. The van der Waals surface area contributed by atoms with Gasteiger partial charge >= 0.3 is 0 Å². The summed E-state index contributed by atoms with van der Waals surface area (Å²) in [5.41, 5.74) is 13.8. The van der Waals surface area contributed by atoms with E-state index in [0.29, 0.717) is 12.1 Å². The van der Waals surface area contributed by atoms with Crippen LogP contribution in [-0.2, 0) is 19.9 Å². The highest BCUT2D eigenvalue weighted by Gasteiger charge is 2.47. The van der Waals surface area contributed by atoms with Crippen molar-refractivity contribution in [3.8, 4) is 11.3 Å². The van der Waals surface area contributed by atoms with Gasteiger partial charge in [-0.05, 0) is 66.8 Å². The van der Waals surface area contributed by atoms with E-state index in [1.165, 1.54) is 0 Å². The first-order chi connectivity index (χ1) is 20.0. The predicted octanol–water partition coefficient (Wildman–Crippen LogP) is 4.21. The van der Waals surface area contributed by atoms with Gasteiger partial charge in [0.15, 0.2) is 17.0 Å². The van der Waals surface area contributed by atoms with Crippen LogP contribution in [-0.4, -0.2) is 54.6 Å². The molecule has 1 aromatic carbocycles. The lowest BCUT2D eigenvalue weighted by Gasteiger charge is -2.42. The summed E-state index contributed by atoms with van der Waals surface area (Å²) in [4.78, 5) is 19.2. The molecule has 1 spiro atoms. The van der Waals surface area contributed by atoms with Crippen LogP contribution < -0.4 is 15.5 Å². The maximum Gasteiger partial charge on any atom is 0.183 e. The second kappa shape index (κ2) is 9.07. The molecule has 41 heavy (non-hydrogen) atoms. The largest absolute Gasteiger partial charge is 0.355 e. The molecular weight excluding hydrogens is 519 g/mol. The monoisotopic (exact) mass is 550 g/mol. The molecular formula is C30H31FN10. The van der Waals surface area contributed by atoms with Crippen LogP contribution >= 0.6 is 0 Å². The van der Waals surface area contributed by atoms with Crippen molar-refractivity contribution >= 4 is 28.5 Å². The molecule has 0 saturated carbocycles. The highest BCUT2D eigenvalue weighted by atomic mass is 19.1.